The maximum atomic E-state index is 5.58. The molecule has 0 spiro atoms. The molecule has 0 N–H and O–H groups in total. The zero-order valence-corrected chi connectivity index (χ0v) is 19.7. The fourth-order valence-electron chi connectivity index (χ4n) is 4.94. The van der Waals surface area contributed by atoms with Crippen LogP contribution in [0, 0.1) is 0 Å². The minimum absolute atomic E-state index is 0.354. The predicted molar refractivity (Wildman–Crippen MR) is 128 cm³/mol. The molecule has 2 aliphatic heterocycles. The van der Waals surface area contributed by atoms with Crippen LogP contribution in [0.15, 0.2) is 23.7 Å². The zero-order valence-electron chi connectivity index (χ0n) is 18.9. The molecule has 0 radical (unpaired) electrons. The van der Waals surface area contributed by atoms with Gasteiger partial charge in [-0.05, 0) is 44.7 Å². The standard InChI is InChI=1S/C24H31N5O2S/c1-30-20-14-17-18(15-21(20)31-2)26-22(27-23(17)28-10-5-3-6-11-28)16-29-12-7-4-8-19(29)24-25-9-13-32-24/h9,13-15,19H,3-8,10-12,16H2,1-2H3. The van der Waals surface area contributed by atoms with Crippen molar-refractivity contribution in [3.05, 3.63) is 34.5 Å². The number of hydrogen-bond donors (Lipinski definition) is 0. The molecule has 7 nitrogen and oxygen atoms in total. The second-order valence-corrected chi connectivity index (χ2v) is 9.51. The van der Waals surface area contributed by atoms with Crippen molar-refractivity contribution in [1.29, 1.82) is 0 Å². The molecule has 0 aliphatic carbocycles. The number of likely N-dealkylation sites (tertiary alicyclic amines) is 1. The van der Waals surface area contributed by atoms with E-state index in [4.69, 9.17) is 19.4 Å². The largest absolute Gasteiger partial charge is 0.493 e. The van der Waals surface area contributed by atoms with Gasteiger partial charge in [-0.25, -0.2) is 15.0 Å². The van der Waals surface area contributed by atoms with E-state index in [9.17, 15) is 0 Å². The Hall–Kier alpha value is -2.45. The topological polar surface area (TPSA) is 63.6 Å². The fraction of sp³-hybridized carbons (Fsp3) is 0.542. The number of benzene rings is 1. The van der Waals surface area contributed by atoms with Crippen LogP contribution in [0.5, 0.6) is 11.5 Å². The van der Waals surface area contributed by atoms with E-state index in [0.29, 0.717) is 11.8 Å². The third-order valence-electron chi connectivity index (χ3n) is 6.58. The first kappa shape index (κ1) is 21.4. The summed E-state index contributed by atoms with van der Waals surface area (Å²) in [7, 11) is 3.35. The quantitative estimate of drug-likeness (QED) is 0.530. The molecule has 0 bridgehead atoms. The third kappa shape index (κ3) is 4.26. The number of methoxy groups -OCH3 is 2. The van der Waals surface area contributed by atoms with Gasteiger partial charge in [0, 0.05) is 36.1 Å². The van der Waals surface area contributed by atoms with Crippen molar-refractivity contribution in [3.63, 3.8) is 0 Å². The van der Waals surface area contributed by atoms with E-state index in [2.05, 4.69) is 20.2 Å². The molecule has 32 heavy (non-hydrogen) atoms. The minimum atomic E-state index is 0.354. The fourth-order valence-corrected chi connectivity index (χ4v) is 5.75. The summed E-state index contributed by atoms with van der Waals surface area (Å²) in [5.74, 6) is 3.31. The van der Waals surface area contributed by atoms with Gasteiger partial charge < -0.3 is 14.4 Å². The molecule has 170 valence electrons. The van der Waals surface area contributed by atoms with Gasteiger partial charge in [0.15, 0.2) is 11.5 Å². The lowest BCUT2D eigenvalue weighted by molar-refractivity contribution is 0.137. The van der Waals surface area contributed by atoms with Gasteiger partial charge in [-0.15, -0.1) is 11.3 Å². The van der Waals surface area contributed by atoms with E-state index >= 15 is 0 Å². The predicted octanol–water partition coefficient (Wildman–Crippen LogP) is 4.82. The average molecular weight is 454 g/mol. The molecule has 2 saturated heterocycles. The first-order valence-corrected chi connectivity index (χ1v) is 12.5. The number of piperidine rings is 2. The molecule has 4 heterocycles. The highest BCUT2D eigenvalue weighted by Crippen LogP contribution is 2.37. The van der Waals surface area contributed by atoms with Crippen molar-refractivity contribution < 1.29 is 9.47 Å². The van der Waals surface area contributed by atoms with Gasteiger partial charge in [-0.2, -0.15) is 0 Å². The van der Waals surface area contributed by atoms with E-state index in [-0.39, 0.29) is 0 Å². The van der Waals surface area contributed by atoms with Crippen LogP contribution in [0.25, 0.3) is 10.9 Å². The Labute approximate surface area is 193 Å². The second-order valence-electron chi connectivity index (χ2n) is 8.59. The molecule has 0 saturated carbocycles. The van der Waals surface area contributed by atoms with Crippen LogP contribution in [0.4, 0.5) is 5.82 Å². The second kappa shape index (κ2) is 9.58. The number of thiazole rings is 1. The van der Waals surface area contributed by atoms with Crippen LogP contribution in [-0.2, 0) is 6.54 Å². The number of hydrogen-bond acceptors (Lipinski definition) is 8. The number of nitrogens with zero attached hydrogens (tertiary/aromatic N) is 5. The average Bonchev–Trinajstić information content (AvgIpc) is 3.38. The lowest BCUT2D eigenvalue weighted by Gasteiger charge is -2.34. The minimum Gasteiger partial charge on any atom is -0.493 e. The summed E-state index contributed by atoms with van der Waals surface area (Å²) in [5.41, 5.74) is 0.913. The van der Waals surface area contributed by atoms with Crippen molar-refractivity contribution in [2.75, 3.05) is 38.8 Å². The van der Waals surface area contributed by atoms with Crippen molar-refractivity contribution in [2.24, 2.45) is 0 Å². The van der Waals surface area contributed by atoms with E-state index < -0.39 is 0 Å². The summed E-state index contributed by atoms with van der Waals surface area (Å²) in [6.07, 6.45) is 9.19. The molecule has 0 amide bonds. The normalized spacial score (nSPS) is 19.9. The van der Waals surface area contributed by atoms with E-state index in [1.165, 1.54) is 37.1 Å². The molecular formula is C24H31N5O2S. The van der Waals surface area contributed by atoms with Gasteiger partial charge in [-0.3, -0.25) is 4.90 Å². The highest BCUT2D eigenvalue weighted by molar-refractivity contribution is 7.09. The Morgan fingerprint density at radius 2 is 1.75 bits per heavy atom. The molecule has 1 unspecified atom stereocenters. The Morgan fingerprint density at radius 1 is 0.969 bits per heavy atom. The summed E-state index contributed by atoms with van der Waals surface area (Å²) in [4.78, 5) is 19.6. The van der Waals surface area contributed by atoms with Gasteiger partial charge in [-0.1, -0.05) is 6.42 Å². The van der Waals surface area contributed by atoms with Crippen molar-refractivity contribution >= 4 is 28.1 Å². The molecule has 1 atom stereocenters. The summed E-state index contributed by atoms with van der Waals surface area (Å²) in [6, 6.07) is 4.37. The third-order valence-corrected chi connectivity index (χ3v) is 7.45. The number of fused-ring (bicyclic) bond motifs is 1. The maximum absolute atomic E-state index is 5.58. The van der Waals surface area contributed by atoms with Gasteiger partial charge in [0.05, 0.1) is 32.3 Å². The van der Waals surface area contributed by atoms with Gasteiger partial charge in [0.2, 0.25) is 0 Å². The zero-order chi connectivity index (χ0) is 21.9. The molecule has 2 aromatic heterocycles. The summed E-state index contributed by atoms with van der Waals surface area (Å²) >= 11 is 1.75. The molecule has 1 aromatic carbocycles. The Kier molecular flexibility index (Phi) is 6.41. The maximum Gasteiger partial charge on any atom is 0.162 e. The van der Waals surface area contributed by atoms with E-state index in [0.717, 1.165) is 60.9 Å². The Morgan fingerprint density at radius 3 is 2.50 bits per heavy atom. The van der Waals surface area contributed by atoms with E-state index in [1.54, 1.807) is 25.6 Å². The molecule has 2 aliphatic rings. The van der Waals surface area contributed by atoms with Crippen molar-refractivity contribution in [3.8, 4) is 11.5 Å². The van der Waals surface area contributed by atoms with Crippen LogP contribution < -0.4 is 14.4 Å². The smallest absolute Gasteiger partial charge is 0.162 e. The Balaban J connectivity index is 1.54. The van der Waals surface area contributed by atoms with Crippen LogP contribution in [0.1, 0.15) is 55.4 Å². The first-order valence-electron chi connectivity index (χ1n) is 11.6. The lowest BCUT2D eigenvalue weighted by atomic mass is 10.0. The van der Waals surface area contributed by atoms with Crippen molar-refractivity contribution in [1.82, 2.24) is 19.9 Å². The van der Waals surface area contributed by atoms with Crippen LogP contribution in [0.3, 0.4) is 0 Å². The highest BCUT2D eigenvalue weighted by Gasteiger charge is 2.27. The summed E-state index contributed by atoms with van der Waals surface area (Å²) in [6.45, 7) is 3.85. The Bertz CT molecular complexity index is 1050. The number of anilines is 1. The van der Waals surface area contributed by atoms with Gasteiger partial charge in [0.25, 0.3) is 0 Å². The number of rotatable bonds is 6. The van der Waals surface area contributed by atoms with E-state index in [1.807, 2.05) is 18.3 Å². The van der Waals surface area contributed by atoms with Gasteiger partial charge in [0.1, 0.15) is 16.6 Å². The first-order chi connectivity index (χ1) is 15.8. The number of aromatic nitrogens is 3. The summed E-state index contributed by atoms with van der Waals surface area (Å²) in [5, 5.41) is 4.31. The highest BCUT2D eigenvalue weighted by atomic mass is 32.1. The van der Waals surface area contributed by atoms with Gasteiger partial charge >= 0.3 is 0 Å². The SMILES string of the molecule is COc1cc2nc(CN3CCCCC3c3nccs3)nc(N3CCCCC3)c2cc1OC. The van der Waals surface area contributed by atoms with Crippen LogP contribution in [0.2, 0.25) is 0 Å². The summed E-state index contributed by atoms with van der Waals surface area (Å²) < 4.78 is 11.1. The number of ether oxygens (including phenoxy) is 2. The molecule has 2 fully saturated rings. The van der Waals surface area contributed by atoms with Crippen LogP contribution >= 0.6 is 11.3 Å². The monoisotopic (exact) mass is 453 g/mol. The van der Waals surface area contributed by atoms with Crippen LogP contribution in [-0.4, -0.2) is 53.7 Å². The molecule has 5 rings (SSSR count). The molecular weight excluding hydrogens is 422 g/mol. The molecule has 3 aromatic rings. The lowest BCUT2D eigenvalue weighted by Crippen LogP contribution is -2.34. The van der Waals surface area contributed by atoms with Crippen molar-refractivity contribution in [2.45, 2.75) is 51.1 Å². The molecule has 8 heteroatoms.